The number of rotatable bonds is 7. The van der Waals surface area contributed by atoms with E-state index in [1.54, 1.807) is 0 Å². The lowest BCUT2D eigenvalue weighted by atomic mass is 10.0. The Labute approximate surface area is 141 Å². The normalized spacial score (nSPS) is 15.0. The van der Waals surface area contributed by atoms with Gasteiger partial charge in [-0.2, -0.15) is 0 Å². The third-order valence-corrected chi connectivity index (χ3v) is 4.23. The summed E-state index contributed by atoms with van der Waals surface area (Å²) >= 11 is 5.94. The van der Waals surface area contributed by atoms with Crippen LogP contribution in [0.4, 0.5) is 0 Å². The van der Waals surface area contributed by atoms with E-state index in [4.69, 9.17) is 16.3 Å². The number of hydrogen-bond acceptors (Lipinski definition) is 2. The molecular weight excluding hydrogens is 310 g/mol. The molecule has 1 aliphatic rings. The second-order valence-electron chi connectivity index (χ2n) is 5.85. The first-order chi connectivity index (χ1) is 11.2. The number of benzene rings is 2. The third-order valence-electron chi connectivity index (χ3n) is 3.98. The van der Waals surface area contributed by atoms with Crippen molar-refractivity contribution >= 4 is 17.5 Å². The van der Waals surface area contributed by atoms with E-state index in [-0.39, 0.29) is 11.9 Å². The van der Waals surface area contributed by atoms with Crippen molar-refractivity contribution in [3.05, 3.63) is 65.2 Å². The van der Waals surface area contributed by atoms with Crippen molar-refractivity contribution in [3.8, 4) is 5.75 Å². The fourth-order valence-corrected chi connectivity index (χ4v) is 2.72. The molecule has 0 aromatic heterocycles. The van der Waals surface area contributed by atoms with Crippen molar-refractivity contribution in [2.45, 2.75) is 25.3 Å². The van der Waals surface area contributed by atoms with Crippen molar-refractivity contribution in [1.82, 2.24) is 5.32 Å². The van der Waals surface area contributed by atoms with Crippen molar-refractivity contribution in [2.24, 2.45) is 5.92 Å². The third kappa shape index (κ3) is 4.73. The average Bonchev–Trinajstić information content (AvgIpc) is 3.39. The second-order valence-corrected chi connectivity index (χ2v) is 6.28. The summed E-state index contributed by atoms with van der Waals surface area (Å²) in [7, 11) is 0. The Balaban J connectivity index is 1.51. The highest BCUT2D eigenvalue weighted by atomic mass is 35.5. The second kappa shape index (κ2) is 7.51. The van der Waals surface area contributed by atoms with Gasteiger partial charge in [0, 0.05) is 5.02 Å². The summed E-state index contributed by atoms with van der Waals surface area (Å²) in [6.07, 6.45) is 2.67. The Morgan fingerprint density at radius 3 is 2.48 bits per heavy atom. The number of hydrogen-bond donors (Lipinski definition) is 1. The van der Waals surface area contributed by atoms with E-state index < -0.39 is 0 Å². The molecule has 1 saturated carbocycles. The molecule has 23 heavy (non-hydrogen) atoms. The van der Waals surface area contributed by atoms with E-state index in [0.29, 0.717) is 24.0 Å². The topological polar surface area (TPSA) is 38.3 Å². The number of amides is 1. The van der Waals surface area contributed by atoms with Gasteiger partial charge in [-0.3, -0.25) is 4.79 Å². The van der Waals surface area contributed by atoms with Crippen LogP contribution in [0.2, 0.25) is 5.02 Å². The Hall–Kier alpha value is -2.00. The predicted octanol–water partition coefficient (Wildman–Crippen LogP) is 4.38. The number of nitrogens with one attached hydrogen (secondary N) is 1. The summed E-state index contributed by atoms with van der Waals surface area (Å²) in [4.78, 5) is 12.2. The Morgan fingerprint density at radius 1 is 1.13 bits per heavy atom. The monoisotopic (exact) mass is 329 g/mol. The van der Waals surface area contributed by atoms with E-state index in [1.165, 1.54) is 0 Å². The molecule has 120 valence electrons. The quantitative estimate of drug-likeness (QED) is 0.818. The summed E-state index contributed by atoms with van der Waals surface area (Å²) in [6.45, 7) is 0.383. The van der Waals surface area contributed by atoms with Crippen molar-refractivity contribution < 1.29 is 9.53 Å². The first kappa shape index (κ1) is 15.9. The maximum absolute atomic E-state index is 12.2. The van der Waals surface area contributed by atoms with Crippen LogP contribution in [-0.4, -0.2) is 12.5 Å². The summed E-state index contributed by atoms with van der Waals surface area (Å²) in [5, 5.41) is 3.85. The van der Waals surface area contributed by atoms with Gasteiger partial charge < -0.3 is 10.1 Å². The Bertz CT molecular complexity index is 638. The predicted molar refractivity (Wildman–Crippen MR) is 91.6 cm³/mol. The fraction of sp³-hybridized carbons (Fsp3) is 0.316. The molecule has 1 atom stereocenters. The van der Waals surface area contributed by atoms with Gasteiger partial charge in [0.25, 0.3) is 0 Å². The lowest BCUT2D eigenvalue weighted by Gasteiger charge is -2.19. The van der Waals surface area contributed by atoms with Crippen LogP contribution in [0.5, 0.6) is 5.75 Å². The average molecular weight is 330 g/mol. The fourth-order valence-electron chi connectivity index (χ4n) is 2.60. The zero-order valence-corrected chi connectivity index (χ0v) is 13.6. The Kier molecular flexibility index (Phi) is 5.19. The largest absolute Gasteiger partial charge is 0.493 e. The lowest BCUT2D eigenvalue weighted by molar-refractivity contribution is -0.122. The molecule has 1 N–H and O–H groups in total. The molecule has 1 aliphatic carbocycles. The maximum Gasteiger partial charge on any atom is 0.223 e. The Morgan fingerprint density at radius 2 is 1.83 bits per heavy atom. The van der Waals surface area contributed by atoms with Crippen LogP contribution >= 0.6 is 11.6 Å². The van der Waals surface area contributed by atoms with Crippen LogP contribution in [0.1, 0.15) is 30.9 Å². The highest BCUT2D eigenvalue weighted by molar-refractivity contribution is 6.30. The lowest BCUT2D eigenvalue weighted by Crippen LogP contribution is -2.30. The van der Waals surface area contributed by atoms with Gasteiger partial charge in [-0.25, -0.2) is 0 Å². The molecular formula is C19H20ClNO2. The van der Waals surface area contributed by atoms with Crippen molar-refractivity contribution in [2.75, 3.05) is 6.61 Å². The van der Waals surface area contributed by atoms with E-state index in [2.05, 4.69) is 5.32 Å². The number of para-hydroxylation sites is 1. The SMILES string of the molecule is O=C(CCOc1ccccc1)NC(c1ccc(Cl)cc1)C1CC1. The van der Waals surface area contributed by atoms with E-state index in [1.807, 2.05) is 54.6 Å². The molecule has 2 aromatic rings. The summed E-state index contributed by atoms with van der Waals surface area (Å²) in [5.41, 5.74) is 1.12. The molecule has 0 spiro atoms. The number of carbonyl (C=O) groups excluding carboxylic acids is 1. The number of carbonyl (C=O) groups is 1. The van der Waals surface area contributed by atoms with Crippen LogP contribution in [0, 0.1) is 5.92 Å². The van der Waals surface area contributed by atoms with Gasteiger partial charge >= 0.3 is 0 Å². The minimum absolute atomic E-state index is 0.0211. The summed E-state index contributed by atoms with van der Waals surface area (Å²) in [5.74, 6) is 1.35. The van der Waals surface area contributed by atoms with E-state index in [9.17, 15) is 4.79 Å². The molecule has 2 aromatic carbocycles. The number of halogens is 1. The van der Waals surface area contributed by atoms with Gasteiger partial charge in [0.05, 0.1) is 19.1 Å². The first-order valence-corrected chi connectivity index (χ1v) is 8.33. The maximum atomic E-state index is 12.2. The molecule has 3 nitrogen and oxygen atoms in total. The molecule has 0 heterocycles. The van der Waals surface area contributed by atoms with Gasteiger partial charge in [0.15, 0.2) is 0 Å². The summed E-state index contributed by atoms with van der Waals surface area (Å²) in [6, 6.07) is 17.4. The van der Waals surface area contributed by atoms with E-state index in [0.717, 1.165) is 24.2 Å². The molecule has 0 bridgehead atoms. The standard InChI is InChI=1S/C19H20ClNO2/c20-16-10-8-15(9-11-16)19(14-6-7-14)21-18(22)12-13-23-17-4-2-1-3-5-17/h1-5,8-11,14,19H,6-7,12-13H2,(H,21,22). The minimum Gasteiger partial charge on any atom is -0.493 e. The van der Waals surface area contributed by atoms with Gasteiger partial charge in [-0.05, 0) is 48.6 Å². The van der Waals surface area contributed by atoms with Crippen LogP contribution in [0.25, 0.3) is 0 Å². The molecule has 0 saturated heterocycles. The zero-order valence-electron chi connectivity index (χ0n) is 12.9. The molecule has 1 amide bonds. The zero-order chi connectivity index (χ0) is 16.1. The summed E-state index contributed by atoms with van der Waals surface area (Å²) < 4.78 is 5.58. The van der Waals surface area contributed by atoms with Crippen molar-refractivity contribution in [3.63, 3.8) is 0 Å². The molecule has 1 fully saturated rings. The van der Waals surface area contributed by atoms with Crippen molar-refractivity contribution in [1.29, 1.82) is 0 Å². The number of ether oxygens (including phenoxy) is 1. The first-order valence-electron chi connectivity index (χ1n) is 7.95. The molecule has 0 radical (unpaired) electrons. The van der Waals surface area contributed by atoms with E-state index >= 15 is 0 Å². The van der Waals surface area contributed by atoms with Gasteiger partial charge in [0.1, 0.15) is 5.75 Å². The van der Waals surface area contributed by atoms with Gasteiger partial charge in [-0.15, -0.1) is 0 Å². The van der Waals surface area contributed by atoms with Crippen LogP contribution in [0.15, 0.2) is 54.6 Å². The molecule has 0 aliphatic heterocycles. The van der Waals surface area contributed by atoms with Gasteiger partial charge in [-0.1, -0.05) is 41.9 Å². The molecule has 1 unspecified atom stereocenters. The minimum atomic E-state index is 0.0211. The highest BCUT2D eigenvalue weighted by Gasteiger charge is 2.33. The van der Waals surface area contributed by atoms with Gasteiger partial charge in [0.2, 0.25) is 5.91 Å². The van der Waals surface area contributed by atoms with Crippen LogP contribution < -0.4 is 10.1 Å². The van der Waals surface area contributed by atoms with Crippen LogP contribution in [0.3, 0.4) is 0 Å². The molecule has 3 rings (SSSR count). The highest BCUT2D eigenvalue weighted by Crippen LogP contribution is 2.41. The van der Waals surface area contributed by atoms with Crippen LogP contribution in [-0.2, 0) is 4.79 Å². The molecule has 4 heteroatoms. The smallest absolute Gasteiger partial charge is 0.223 e.